The molecule has 0 saturated carbocycles. The van der Waals surface area contributed by atoms with Gasteiger partial charge in [0.05, 0.1) is 23.3 Å². The van der Waals surface area contributed by atoms with Gasteiger partial charge in [-0.2, -0.15) is 0 Å². The van der Waals surface area contributed by atoms with Crippen LogP contribution in [0.4, 0.5) is 0 Å². The van der Waals surface area contributed by atoms with E-state index in [2.05, 4.69) is 92.5 Å². The van der Waals surface area contributed by atoms with Crippen LogP contribution in [0.15, 0.2) is 104 Å². The van der Waals surface area contributed by atoms with Gasteiger partial charge in [-0.1, -0.05) is 62.2 Å². The molecule has 126 valence electrons. The third-order valence-electron chi connectivity index (χ3n) is 4.16. The molecule has 26 heavy (non-hydrogen) atoms. The summed E-state index contributed by atoms with van der Waals surface area (Å²) >= 11 is 6.98. The van der Waals surface area contributed by atoms with Gasteiger partial charge >= 0.3 is 11.5 Å². The Hall–Kier alpha value is -2.23. The molecule has 0 spiro atoms. The van der Waals surface area contributed by atoms with Crippen LogP contribution in [0, 0.1) is 0 Å². The molecule has 1 nitrogen and oxygen atoms in total. The summed E-state index contributed by atoms with van der Waals surface area (Å²) in [4.78, 5) is 0. The van der Waals surface area contributed by atoms with Crippen LogP contribution in [-0.4, -0.2) is 0 Å². The van der Waals surface area contributed by atoms with Crippen LogP contribution in [-0.2, 0) is 0 Å². The van der Waals surface area contributed by atoms with E-state index in [0.29, 0.717) is 0 Å². The number of hydrogen-bond acceptors (Lipinski definition) is 0. The van der Waals surface area contributed by atoms with Crippen LogP contribution in [0.25, 0.3) is 33.8 Å². The Balaban J connectivity index is 1.89. The molecule has 4 aromatic rings. The van der Waals surface area contributed by atoms with Crippen molar-refractivity contribution in [1.29, 1.82) is 0 Å². The lowest BCUT2D eigenvalue weighted by molar-refractivity contribution is 0.582. The fourth-order valence-electron chi connectivity index (χ4n) is 2.81. The van der Waals surface area contributed by atoms with Crippen LogP contribution < -0.4 is 0 Å². The van der Waals surface area contributed by atoms with E-state index in [1.54, 1.807) is 0 Å². The van der Waals surface area contributed by atoms with Crippen LogP contribution in [0.3, 0.4) is 0 Å². The van der Waals surface area contributed by atoms with Gasteiger partial charge in [0.1, 0.15) is 0 Å². The second-order valence-electron chi connectivity index (χ2n) is 5.95. The molecule has 3 aromatic carbocycles. The Morgan fingerprint density at radius 1 is 0.462 bits per heavy atom. The minimum atomic E-state index is 0.844. The molecule has 0 amide bonds. The zero-order valence-corrected chi connectivity index (χ0v) is 17.0. The van der Waals surface area contributed by atoms with E-state index in [0.717, 1.165) is 37.2 Å². The van der Waals surface area contributed by atoms with Crippen LogP contribution in [0.1, 0.15) is 0 Å². The highest BCUT2D eigenvalue weighted by Gasteiger charge is 2.20. The second kappa shape index (κ2) is 7.56. The molecule has 0 saturated heterocycles. The fourth-order valence-corrected chi connectivity index (χ4v) is 3.34. The van der Waals surface area contributed by atoms with Gasteiger partial charge in [-0.25, -0.2) is 4.42 Å². The summed E-state index contributed by atoms with van der Waals surface area (Å²) in [5.74, 6) is 1.69. The summed E-state index contributed by atoms with van der Waals surface area (Å²) in [5, 5.41) is 0. The molecule has 0 bridgehead atoms. The average molecular weight is 467 g/mol. The topological polar surface area (TPSA) is 11.3 Å². The molecular formula is C23H15Br2O+. The summed E-state index contributed by atoms with van der Waals surface area (Å²) in [6, 6.07) is 30.9. The first-order valence-electron chi connectivity index (χ1n) is 8.24. The van der Waals surface area contributed by atoms with Crippen molar-refractivity contribution < 1.29 is 4.42 Å². The molecule has 0 aliphatic carbocycles. The predicted octanol–water partition coefficient (Wildman–Crippen LogP) is 8.09. The molecule has 0 radical (unpaired) electrons. The Kier molecular flexibility index (Phi) is 5.00. The van der Waals surface area contributed by atoms with Crippen molar-refractivity contribution in [2.45, 2.75) is 0 Å². The third kappa shape index (κ3) is 3.79. The van der Waals surface area contributed by atoms with Crippen LogP contribution in [0.2, 0.25) is 0 Å². The zero-order valence-electron chi connectivity index (χ0n) is 13.8. The van der Waals surface area contributed by atoms with Gasteiger partial charge < -0.3 is 0 Å². The zero-order chi connectivity index (χ0) is 17.9. The van der Waals surface area contributed by atoms with E-state index < -0.39 is 0 Å². The summed E-state index contributed by atoms with van der Waals surface area (Å²) in [6.07, 6.45) is 0. The van der Waals surface area contributed by atoms with E-state index in [1.807, 2.05) is 30.3 Å². The third-order valence-corrected chi connectivity index (χ3v) is 5.22. The van der Waals surface area contributed by atoms with Gasteiger partial charge in [-0.15, -0.1) is 0 Å². The SMILES string of the molecule is Brc1ccc(-c2cc(-c3ccccc3)cc(-c3ccc(Br)cc3)[o+]2)cc1. The van der Waals surface area contributed by atoms with Gasteiger partial charge in [-0.05, 0) is 54.1 Å². The molecule has 0 aliphatic heterocycles. The van der Waals surface area contributed by atoms with Crippen molar-refractivity contribution in [3.05, 3.63) is 99.9 Å². The van der Waals surface area contributed by atoms with Crippen molar-refractivity contribution in [3.63, 3.8) is 0 Å². The Bertz CT molecular complexity index is 960. The largest absolute Gasteiger partial charge is 0.361 e. The Morgan fingerprint density at radius 2 is 0.923 bits per heavy atom. The fraction of sp³-hybridized carbons (Fsp3) is 0. The summed E-state index contributed by atoms with van der Waals surface area (Å²) in [7, 11) is 0. The monoisotopic (exact) mass is 465 g/mol. The molecule has 4 rings (SSSR count). The van der Waals surface area contributed by atoms with Crippen molar-refractivity contribution in [3.8, 4) is 33.8 Å². The van der Waals surface area contributed by atoms with Gasteiger partial charge in [0.2, 0.25) is 0 Å². The lowest BCUT2D eigenvalue weighted by atomic mass is 10.0. The lowest BCUT2D eigenvalue weighted by Gasteiger charge is -2.02. The maximum Gasteiger partial charge on any atom is 0.361 e. The average Bonchev–Trinajstić information content (AvgIpc) is 2.69. The van der Waals surface area contributed by atoms with Crippen molar-refractivity contribution >= 4 is 31.9 Å². The number of rotatable bonds is 3. The molecular weight excluding hydrogens is 452 g/mol. The Morgan fingerprint density at radius 3 is 1.38 bits per heavy atom. The van der Waals surface area contributed by atoms with E-state index in [4.69, 9.17) is 4.42 Å². The van der Waals surface area contributed by atoms with Crippen molar-refractivity contribution in [2.24, 2.45) is 0 Å². The number of hydrogen-bond donors (Lipinski definition) is 0. The quantitative estimate of drug-likeness (QED) is 0.277. The molecule has 1 heterocycles. The highest BCUT2D eigenvalue weighted by atomic mass is 79.9. The van der Waals surface area contributed by atoms with E-state index >= 15 is 0 Å². The van der Waals surface area contributed by atoms with Gasteiger partial charge in [-0.3, -0.25) is 0 Å². The van der Waals surface area contributed by atoms with Crippen LogP contribution in [0.5, 0.6) is 0 Å². The predicted molar refractivity (Wildman–Crippen MR) is 115 cm³/mol. The van der Waals surface area contributed by atoms with Crippen molar-refractivity contribution in [2.75, 3.05) is 0 Å². The number of benzene rings is 3. The maximum absolute atomic E-state index is 6.26. The normalized spacial score (nSPS) is 10.7. The molecule has 0 fully saturated rings. The summed E-state index contributed by atoms with van der Waals surface area (Å²) < 4.78 is 8.36. The first kappa shape index (κ1) is 17.2. The van der Waals surface area contributed by atoms with Crippen LogP contribution >= 0.6 is 31.9 Å². The van der Waals surface area contributed by atoms with Gasteiger partial charge in [0, 0.05) is 14.5 Å². The van der Waals surface area contributed by atoms with Gasteiger partial charge in [0.25, 0.3) is 0 Å². The smallest absolute Gasteiger partial charge is 0.207 e. The second-order valence-corrected chi connectivity index (χ2v) is 7.79. The van der Waals surface area contributed by atoms with E-state index in [9.17, 15) is 0 Å². The summed E-state index contributed by atoms with van der Waals surface area (Å²) in [5.41, 5.74) is 4.39. The molecule has 0 N–H and O–H groups in total. The Labute approximate surface area is 169 Å². The number of halogens is 2. The first-order valence-corrected chi connectivity index (χ1v) is 9.83. The lowest BCUT2D eigenvalue weighted by Crippen LogP contribution is -1.86. The minimum absolute atomic E-state index is 0.844. The summed E-state index contributed by atoms with van der Waals surface area (Å²) in [6.45, 7) is 0. The van der Waals surface area contributed by atoms with E-state index in [1.165, 1.54) is 5.56 Å². The minimum Gasteiger partial charge on any atom is -0.207 e. The first-order chi connectivity index (χ1) is 12.7. The highest BCUT2D eigenvalue weighted by Crippen LogP contribution is 2.33. The van der Waals surface area contributed by atoms with Gasteiger partial charge in [0.15, 0.2) is 0 Å². The highest BCUT2D eigenvalue weighted by molar-refractivity contribution is 9.10. The van der Waals surface area contributed by atoms with Crippen molar-refractivity contribution in [1.82, 2.24) is 0 Å². The molecule has 3 heteroatoms. The molecule has 1 aromatic heterocycles. The molecule has 0 aliphatic rings. The van der Waals surface area contributed by atoms with E-state index in [-0.39, 0.29) is 0 Å². The molecule has 0 unspecified atom stereocenters. The molecule has 0 atom stereocenters. The maximum atomic E-state index is 6.26. The standard InChI is InChI=1S/C23H15Br2O/c24-20-10-6-17(7-11-20)22-14-19(16-4-2-1-3-5-16)15-23(26-22)18-8-12-21(25)13-9-18/h1-15H/q+1.